The summed E-state index contributed by atoms with van der Waals surface area (Å²) in [6.45, 7) is 6.91. The van der Waals surface area contributed by atoms with Gasteiger partial charge in [-0.3, -0.25) is 9.78 Å². The number of aryl methyl sites for hydroxylation is 1. The van der Waals surface area contributed by atoms with Crippen LogP contribution < -0.4 is 0 Å². The molecule has 0 bridgehead atoms. The molecule has 2 heterocycles. The third-order valence-electron chi connectivity index (χ3n) is 2.49. The second-order valence-corrected chi connectivity index (χ2v) is 5.36. The van der Waals surface area contributed by atoms with Gasteiger partial charge >= 0.3 is 0 Å². The van der Waals surface area contributed by atoms with E-state index in [0.29, 0.717) is 15.8 Å². The summed E-state index contributed by atoms with van der Waals surface area (Å²) in [5.74, 6) is 0.476. The molecule has 0 fully saturated rings. The lowest BCUT2D eigenvalue weighted by molar-refractivity contribution is 0.482. The average Bonchev–Trinajstić information content (AvgIpc) is 2.83. The standard InChI is InChI=1S/C11H15ClN6S/c1-7(2)5-17-10(12)9(8(3)16-17)4-14-18-6-13-15-11(18)19/h4,6-7H,5H2,1-3H3,(H,15,19)/b14-4+. The molecule has 0 atom stereocenters. The quantitative estimate of drug-likeness (QED) is 0.697. The van der Waals surface area contributed by atoms with E-state index in [0.717, 1.165) is 17.8 Å². The van der Waals surface area contributed by atoms with Gasteiger partial charge in [0.05, 0.1) is 17.5 Å². The first-order chi connectivity index (χ1) is 8.99. The molecule has 0 aliphatic heterocycles. The molecule has 2 aromatic rings. The highest BCUT2D eigenvalue weighted by atomic mass is 35.5. The number of hydrogen-bond acceptors (Lipinski definition) is 4. The molecular formula is C11H15ClN6S. The van der Waals surface area contributed by atoms with E-state index in [1.165, 1.54) is 11.0 Å². The summed E-state index contributed by atoms with van der Waals surface area (Å²) in [6.07, 6.45) is 3.15. The Morgan fingerprint density at radius 2 is 2.32 bits per heavy atom. The van der Waals surface area contributed by atoms with E-state index >= 15 is 0 Å². The van der Waals surface area contributed by atoms with Crippen LogP contribution in [-0.2, 0) is 6.54 Å². The highest BCUT2D eigenvalue weighted by Crippen LogP contribution is 2.19. The van der Waals surface area contributed by atoms with Crippen LogP contribution in [0.15, 0.2) is 11.4 Å². The van der Waals surface area contributed by atoms with Gasteiger partial charge in [0.2, 0.25) is 4.77 Å². The molecule has 0 aromatic carbocycles. The first kappa shape index (κ1) is 14.0. The van der Waals surface area contributed by atoms with Gasteiger partial charge in [-0.05, 0) is 25.1 Å². The Labute approximate surface area is 121 Å². The third-order valence-corrected chi connectivity index (χ3v) is 3.17. The van der Waals surface area contributed by atoms with Gasteiger partial charge in [-0.2, -0.15) is 20.0 Å². The lowest BCUT2D eigenvalue weighted by Gasteiger charge is -2.05. The third kappa shape index (κ3) is 3.10. The maximum atomic E-state index is 6.30. The first-order valence-electron chi connectivity index (χ1n) is 5.88. The Kier molecular flexibility index (Phi) is 4.16. The van der Waals surface area contributed by atoms with Crippen molar-refractivity contribution in [3.63, 3.8) is 0 Å². The SMILES string of the molecule is Cc1nn(CC(C)C)c(Cl)c1/C=N/n1cn[nH]c1=S. The molecule has 19 heavy (non-hydrogen) atoms. The van der Waals surface area contributed by atoms with Gasteiger partial charge < -0.3 is 0 Å². The molecule has 0 aliphatic carbocycles. The first-order valence-corrected chi connectivity index (χ1v) is 6.67. The van der Waals surface area contributed by atoms with E-state index in [9.17, 15) is 0 Å². The number of rotatable bonds is 4. The van der Waals surface area contributed by atoms with Crippen molar-refractivity contribution >= 4 is 30.0 Å². The van der Waals surface area contributed by atoms with Crippen molar-refractivity contribution in [2.75, 3.05) is 0 Å². The van der Waals surface area contributed by atoms with Crippen LogP contribution in [0.1, 0.15) is 25.1 Å². The summed E-state index contributed by atoms with van der Waals surface area (Å²) in [7, 11) is 0. The van der Waals surface area contributed by atoms with Crippen molar-refractivity contribution < 1.29 is 0 Å². The minimum atomic E-state index is 0.430. The maximum Gasteiger partial charge on any atom is 0.216 e. The maximum absolute atomic E-state index is 6.30. The Morgan fingerprint density at radius 3 is 2.89 bits per heavy atom. The fourth-order valence-electron chi connectivity index (χ4n) is 1.63. The normalized spacial score (nSPS) is 11.8. The Bertz CT molecular complexity index is 650. The van der Waals surface area contributed by atoms with Crippen LogP contribution in [0, 0.1) is 17.6 Å². The molecular weight excluding hydrogens is 284 g/mol. The van der Waals surface area contributed by atoms with E-state index in [1.807, 2.05) is 6.92 Å². The highest BCUT2D eigenvalue weighted by Gasteiger charge is 2.12. The van der Waals surface area contributed by atoms with Gasteiger partial charge in [0, 0.05) is 6.54 Å². The predicted molar refractivity (Wildman–Crippen MR) is 77.2 cm³/mol. The van der Waals surface area contributed by atoms with Crippen LogP contribution in [0.25, 0.3) is 0 Å². The highest BCUT2D eigenvalue weighted by molar-refractivity contribution is 7.71. The molecule has 2 rings (SSSR count). The summed E-state index contributed by atoms with van der Waals surface area (Å²) in [4.78, 5) is 0. The minimum absolute atomic E-state index is 0.430. The smallest absolute Gasteiger partial charge is 0.216 e. The lowest BCUT2D eigenvalue weighted by Crippen LogP contribution is -2.06. The molecule has 102 valence electrons. The van der Waals surface area contributed by atoms with Crippen LogP contribution in [0.4, 0.5) is 0 Å². The fraction of sp³-hybridized carbons (Fsp3) is 0.455. The summed E-state index contributed by atoms with van der Waals surface area (Å²) in [6, 6.07) is 0. The predicted octanol–water partition coefficient (Wildman–Crippen LogP) is 2.64. The van der Waals surface area contributed by atoms with E-state index < -0.39 is 0 Å². The van der Waals surface area contributed by atoms with Gasteiger partial charge in [-0.1, -0.05) is 25.4 Å². The molecule has 0 radical (unpaired) electrons. The van der Waals surface area contributed by atoms with Gasteiger partial charge in [0.1, 0.15) is 11.5 Å². The van der Waals surface area contributed by atoms with Crippen molar-refractivity contribution in [1.29, 1.82) is 0 Å². The van der Waals surface area contributed by atoms with Crippen LogP contribution in [0.5, 0.6) is 0 Å². The Hall–Kier alpha value is -1.47. The van der Waals surface area contributed by atoms with Crippen molar-refractivity contribution in [1.82, 2.24) is 24.7 Å². The molecule has 0 aliphatic rings. The summed E-state index contributed by atoms with van der Waals surface area (Å²) in [5, 5.41) is 15.6. The van der Waals surface area contributed by atoms with Crippen LogP contribution in [0.3, 0.4) is 0 Å². The van der Waals surface area contributed by atoms with Gasteiger partial charge in [-0.15, -0.1) is 0 Å². The minimum Gasteiger partial charge on any atom is -0.253 e. The van der Waals surface area contributed by atoms with Gasteiger partial charge in [0.25, 0.3) is 0 Å². The van der Waals surface area contributed by atoms with Crippen LogP contribution >= 0.6 is 23.8 Å². The average molecular weight is 299 g/mol. The Balaban J connectivity index is 2.31. The second-order valence-electron chi connectivity index (χ2n) is 4.62. The summed E-state index contributed by atoms with van der Waals surface area (Å²) < 4.78 is 3.68. The summed E-state index contributed by atoms with van der Waals surface area (Å²) >= 11 is 11.3. The van der Waals surface area contributed by atoms with Crippen LogP contribution in [-0.4, -0.2) is 30.9 Å². The van der Waals surface area contributed by atoms with E-state index in [2.05, 4.69) is 34.2 Å². The van der Waals surface area contributed by atoms with Crippen molar-refractivity contribution in [2.24, 2.45) is 11.0 Å². The summed E-state index contributed by atoms with van der Waals surface area (Å²) in [5.41, 5.74) is 1.63. The second kappa shape index (κ2) is 5.66. The number of nitrogens with one attached hydrogen (secondary N) is 1. The van der Waals surface area contributed by atoms with E-state index in [1.54, 1.807) is 10.9 Å². The van der Waals surface area contributed by atoms with Crippen molar-refractivity contribution in [3.05, 3.63) is 27.5 Å². The van der Waals surface area contributed by atoms with E-state index in [4.69, 9.17) is 23.8 Å². The van der Waals surface area contributed by atoms with E-state index in [-0.39, 0.29) is 0 Å². The number of aromatic amines is 1. The lowest BCUT2D eigenvalue weighted by atomic mass is 10.2. The molecule has 8 heteroatoms. The van der Waals surface area contributed by atoms with Gasteiger partial charge in [-0.25, -0.2) is 0 Å². The number of nitrogens with zero attached hydrogens (tertiary/aromatic N) is 5. The largest absolute Gasteiger partial charge is 0.253 e. The molecule has 0 spiro atoms. The number of H-pyrrole nitrogens is 1. The fourth-order valence-corrected chi connectivity index (χ4v) is 2.06. The monoisotopic (exact) mass is 298 g/mol. The zero-order chi connectivity index (χ0) is 14.0. The molecule has 1 N–H and O–H groups in total. The van der Waals surface area contributed by atoms with Crippen molar-refractivity contribution in [2.45, 2.75) is 27.3 Å². The molecule has 0 saturated carbocycles. The van der Waals surface area contributed by atoms with Crippen molar-refractivity contribution in [3.8, 4) is 0 Å². The number of hydrogen-bond donors (Lipinski definition) is 1. The molecule has 6 nitrogen and oxygen atoms in total. The molecule has 0 amide bonds. The molecule has 0 unspecified atom stereocenters. The topological polar surface area (TPSA) is 63.8 Å². The zero-order valence-corrected chi connectivity index (χ0v) is 12.5. The number of halogens is 1. The molecule has 2 aromatic heterocycles. The van der Waals surface area contributed by atoms with Crippen LogP contribution in [0.2, 0.25) is 5.15 Å². The Morgan fingerprint density at radius 1 is 1.58 bits per heavy atom. The molecule has 0 saturated heterocycles. The number of aromatic nitrogens is 5. The van der Waals surface area contributed by atoms with Gasteiger partial charge in [0.15, 0.2) is 0 Å². The zero-order valence-electron chi connectivity index (χ0n) is 11.0.